The Bertz CT molecular complexity index is 607. The number of nitrogens with one attached hydrogen (secondary N) is 1. The average Bonchev–Trinajstić information content (AvgIpc) is 2.37. The van der Waals surface area contributed by atoms with Crippen LogP contribution in [0, 0.1) is 17.1 Å². The number of hydrogen-bond acceptors (Lipinski definition) is 4. The van der Waals surface area contributed by atoms with E-state index in [1.807, 2.05) is 20.1 Å². The summed E-state index contributed by atoms with van der Waals surface area (Å²) >= 11 is 1.53. The number of thioether (sulfide) groups is 1. The van der Waals surface area contributed by atoms with Crippen LogP contribution in [0.4, 0.5) is 4.39 Å². The lowest BCUT2D eigenvalue weighted by molar-refractivity contribution is 0.570. The van der Waals surface area contributed by atoms with E-state index in [0.717, 1.165) is 18.2 Å². The van der Waals surface area contributed by atoms with E-state index in [9.17, 15) is 12.8 Å². The quantitative estimate of drug-likeness (QED) is 0.904. The van der Waals surface area contributed by atoms with Crippen LogP contribution in [0.2, 0.25) is 0 Å². The third-order valence-corrected chi connectivity index (χ3v) is 5.26. The summed E-state index contributed by atoms with van der Waals surface area (Å²) in [6.45, 7) is 4.06. The Kier molecular flexibility index (Phi) is 4.96. The highest BCUT2D eigenvalue weighted by Crippen LogP contribution is 2.21. The van der Waals surface area contributed by atoms with Gasteiger partial charge in [0.15, 0.2) is 0 Å². The first kappa shape index (κ1) is 16.0. The van der Waals surface area contributed by atoms with E-state index in [1.165, 1.54) is 11.8 Å². The molecule has 0 aliphatic heterocycles. The van der Waals surface area contributed by atoms with E-state index in [4.69, 9.17) is 5.26 Å². The largest absolute Gasteiger partial charge is 0.240 e. The molecule has 0 amide bonds. The topological polar surface area (TPSA) is 70.0 Å². The smallest absolute Gasteiger partial charge is 0.210 e. The van der Waals surface area contributed by atoms with Crippen molar-refractivity contribution in [2.45, 2.75) is 23.5 Å². The van der Waals surface area contributed by atoms with E-state index >= 15 is 0 Å². The van der Waals surface area contributed by atoms with Crippen molar-refractivity contribution in [2.75, 3.05) is 12.8 Å². The van der Waals surface area contributed by atoms with E-state index in [1.54, 1.807) is 6.07 Å². The average molecular weight is 302 g/mol. The molecule has 0 fully saturated rings. The van der Waals surface area contributed by atoms with E-state index in [-0.39, 0.29) is 21.8 Å². The van der Waals surface area contributed by atoms with Gasteiger partial charge < -0.3 is 0 Å². The molecule has 0 aliphatic rings. The number of sulfonamides is 1. The summed E-state index contributed by atoms with van der Waals surface area (Å²) in [5.41, 5.74) is -0.285. The SMILES string of the molecule is CSC(C)(C)CNS(=O)(=O)c1ccc(F)c(C#N)c1. The van der Waals surface area contributed by atoms with Crippen LogP contribution in [-0.4, -0.2) is 26.0 Å². The van der Waals surface area contributed by atoms with Crippen molar-refractivity contribution in [1.82, 2.24) is 4.72 Å². The van der Waals surface area contributed by atoms with Crippen molar-refractivity contribution in [3.05, 3.63) is 29.6 Å². The molecule has 4 nitrogen and oxygen atoms in total. The normalized spacial score (nSPS) is 12.2. The first-order valence-electron chi connectivity index (χ1n) is 5.46. The fourth-order valence-corrected chi connectivity index (χ4v) is 2.73. The van der Waals surface area contributed by atoms with Crippen LogP contribution in [-0.2, 0) is 10.0 Å². The fraction of sp³-hybridized carbons (Fsp3) is 0.417. The van der Waals surface area contributed by atoms with Gasteiger partial charge in [-0.3, -0.25) is 0 Å². The minimum Gasteiger partial charge on any atom is -0.210 e. The lowest BCUT2D eigenvalue weighted by Crippen LogP contribution is -2.36. The zero-order valence-electron chi connectivity index (χ0n) is 10.9. The van der Waals surface area contributed by atoms with Crippen LogP contribution >= 0.6 is 11.8 Å². The number of nitrogens with zero attached hydrogens (tertiary/aromatic N) is 1. The molecule has 1 N–H and O–H groups in total. The predicted octanol–water partition coefficient (Wildman–Crippen LogP) is 2.12. The van der Waals surface area contributed by atoms with Gasteiger partial charge in [-0.05, 0) is 38.3 Å². The van der Waals surface area contributed by atoms with Crippen molar-refractivity contribution < 1.29 is 12.8 Å². The molecule has 0 bridgehead atoms. The molecule has 1 aromatic carbocycles. The third kappa shape index (κ3) is 4.20. The molecule has 0 radical (unpaired) electrons. The van der Waals surface area contributed by atoms with Crippen LogP contribution in [0.5, 0.6) is 0 Å². The van der Waals surface area contributed by atoms with E-state index in [0.29, 0.717) is 0 Å². The molecule has 104 valence electrons. The molecular weight excluding hydrogens is 287 g/mol. The van der Waals surface area contributed by atoms with Crippen molar-refractivity contribution in [2.24, 2.45) is 0 Å². The van der Waals surface area contributed by atoms with Gasteiger partial charge in [-0.15, -0.1) is 0 Å². The zero-order chi connectivity index (χ0) is 14.7. The Balaban J connectivity index is 2.99. The second kappa shape index (κ2) is 5.90. The Hall–Kier alpha value is -1.10. The lowest BCUT2D eigenvalue weighted by Gasteiger charge is -2.22. The molecule has 1 aromatic rings. The first-order chi connectivity index (χ1) is 8.72. The fourth-order valence-electron chi connectivity index (χ4n) is 1.18. The van der Waals surface area contributed by atoms with E-state index in [2.05, 4.69) is 4.72 Å². The summed E-state index contributed by atoms with van der Waals surface area (Å²) in [4.78, 5) is -0.109. The molecule has 0 spiro atoms. The van der Waals surface area contributed by atoms with Crippen LogP contribution in [0.1, 0.15) is 19.4 Å². The van der Waals surface area contributed by atoms with Gasteiger partial charge in [0.1, 0.15) is 11.9 Å². The summed E-state index contributed by atoms with van der Waals surface area (Å²) in [7, 11) is -3.73. The zero-order valence-corrected chi connectivity index (χ0v) is 12.5. The lowest BCUT2D eigenvalue weighted by atomic mass is 10.2. The second-order valence-corrected chi connectivity index (χ2v) is 7.82. The van der Waals surface area contributed by atoms with Gasteiger partial charge in [0.2, 0.25) is 10.0 Å². The Morgan fingerprint density at radius 1 is 1.47 bits per heavy atom. The highest BCUT2D eigenvalue weighted by atomic mass is 32.2. The summed E-state index contributed by atoms with van der Waals surface area (Å²) in [5, 5.41) is 8.70. The maximum atomic E-state index is 13.1. The van der Waals surface area contributed by atoms with Crippen LogP contribution in [0.15, 0.2) is 23.1 Å². The monoisotopic (exact) mass is 302 g/mol. The van der Waals surface area contributed by atoms with Crippen LogP contribution in [0.3, 0.4) is 0 Å². The molecule has 0 heterocycles. The molecule has 19 heavy (non-hydrogen) atoms. The minimum absolute atomic E-state index is 0.109. The maximum Gasteiger partial charge on any atom is 0.240 e. The van der Waals surface area contributed by atoms with Crippen LogP contribution < -0.4 is 4.72 Å². The van der Waals surface area contributed by atoms with Gasteiger partial charge >= 0.3 is 0 Å². The van der Waals surface area contributed by atoms with Crippen LogP contribution in [0.25, 0.3) is 0 Å². The Morgan fingerprint density at radius 2 is 2.11 bits per heavy atom. The summed E-state index contributed by atoms with van der Waals surface area (Å²) in [5.74, 6) is -0.731. The van der Waals surface area contributed by atoms with Crippen molar-refractivity contribution in [1.29, 1.82) is 5.26 Å². The van der Waals surface area contributed by atoms with Crippen molar-refractivity contribution >= 4 is 21.8 Å². The number of halogens is 1. The third-order valence-electron chi connectivity index (χ3n) is 2.61. The number of nitriles is 1. The summed E-state index contributed by atoms with van der Waals surface area (Å²) in [6, 6.07) is 4.77. The molecule has 0 aliphatic carbocycles. The van der Waals surface area contributed by atoms with Gasteiger partial charge in [-0.25, -0.2) is 17.5 Å². The highest BCUT2D eigenvalue weighted by Gasteiger charge is 2.22. The molecule has 0 aromatic heterocycles. The molecule has 0 saturated heterocycles. The minimum atomic E-state index is -3.73. The van der Waals surface area contributed by atoms with Gasteiger partial charge in [-0.2, -0.15) is 17.0 Å². The van der Waals surface area contributed by atoms with Crippen molar-refractivity contribution in [3.63, 3.8) is 0 Å². The molecule has 1 rings (SSSR count). The Morgan fingerprint density at radius 3 is 2.63 bits per heavy atom. The molecule has 0 unspecified atom stereocenters. The van der Waals surface area contributed by atoms with Crippen molar-refractivity contribution in [3.8, 4) is 6.07 Å². The van der Waals surface area contributed by atoms with Gasteiger partial charge in [0.05, 0.1) is 10.5 Å². The first-order valence-corrected chi connectivity index (χ1v) is 8.17. The summed E-state index contributed by atoms with van der Waals surface area (Å²) in [6.07, 6.45) is 1.89. The molecule has 0 atom stereocenters. The molecule has 0 saturated carbocycles. The second-order valence-electron chi connectivity index (χ2n) is 4.54. The predicted molar refractivity (Wildman–Crippen MR) is 73.9 cm³/mol. The van der Waals surface area contributed by atoms with Gasteiger partial charge in [0, 0.05) is 11.3 Å². The standard InChI is InChI=1S/C12H15FN2O2S2/c1-12(2,18-3)8-15-19(16,17)10-4-5-11(13)9(6-10)7-14/h4-6,15H,8H2,1-3H3. The Labute approximate surface area is 117 Å². The maximum absolute atomic E-state index is 13.1. The number of hydrogen-bond donors (Lipinski definition) is 1. The van der Waals surface area contributed by atoms with Gasteiger partial charge in [-0.1, -0.05) is 0 Å². The van der Waals surface area contributed by atoms with Gasteiger partial charge in [0.25, 0.3) is 0 Å². The number of benzene rings is 1. The highest BCUT2D eigenvalue weighted by molar-refractivity contribution is 8.00. The summed E-state index contributed by atoms with van der Waals surface area (Å²) < 4.78 is 39.4. The molecule has 7 heteroatoms. The van der Waals surface area contributed by atoms with E-state index < -0.39 is 15.8 Å². The molecular formula is C12H15FN2O2S2. The number of rotatable bonds is 5.